The summed E-state index contributed by atoms with van der Waals surface area (Å²) in [4.78, 5) is 11.4. The third kappa shape index (κ3) is 3.36. The largest absolute Gasteiger partial charge is 0.463 e. The summed E-state index contributed by atoms with van der Waals surface area (Å²) in [5.74, 6) is -0.186. The number of carbonyl (C=O) groups excluding carboxylic acids is 1. The Morgan fingerprint density at radius 2 is 2.13 bits per heavy atom. The first kappa shape index (κ1) is 10.2. The van der Waals surface area contributed by atoms with E-state index < -0.39 is 0 Å². The van der Waals surface area contributed by atoms with Gasteiger partial charge in [0.2, 0.25) is 0 Å². The van der Waals surface area contributed by atoms with Crippen LogP contribution in [0.3, 0.4) is 0 Å². The summed E-state index contributed by atoms with van der Waals surface area (Å²) in [5.41, 5.74) is 2.18. The molecule has 80 valence electrons. The van der Waals surface area contributed by atoms with E-state index in [0.29, 0.717) is 13.0 Å². The second kappa shape index (κ2) is 4.45. The summed E-state index contributed by atoms with van der Waals surface area (Å²) in [5, 5.41) is 0. The molecule has 2 rings (SSSR count). The van der Waals surface area contributed by atoms with Crippen LogP contribution in [0.2, 0.25) is 0 Å². The number of benzene rings is 1. The zero-order chi connectivity index (χ0) is 10.7. The summed E-state index contributed by atoms with van der Waals surface area (Å²) in [6.07, 6.45) is 0.486. The molecule has 0 aliphatic carbocycles. The minimum absolute atomic E-state index is 0.145. The maximum Gasteiger partial charge on any atom is 0.310 e. The van der Waals surface area contributed by atoms with E-state index in [2.05, 4.69) is 0 Å². The molecule has 1 aromatic rings. The third-order valence-corrected chi connectivity index (χ3v) is 2.30. The molecule has 0 radical (unpaired) electrons. The van der Waals surface area contributed by atoms with Crippen LogP contribution in [0, 0.1) is 6.92 Å². The number of carbonyl (C=O) groups is 1. The molecule has 0 saturated carbocycles. The number of esters is 1. The minimum Gasteiger partial charge on any atom is -0.463 e. The Morgan fingerprint density at radius 1 is 1.47 bits per heavy atom. The van der Waals surface area contributed by atoms with Crippen molar-refractivity contribution in [2.24, 2.45) is 0 Å². The predicted molar refractivity (Wildman–Crippen MR) is 55.6 cm³/mol. The molecule has 1 unspecified atom stereocenters. The lowest BCUT2D eigenvalue weighted by molar-refractivity contribution is -0.143. The smallest absolute Gasteiger partial charge is 0.310 e. The van der Waals surface area contributed by atoms with Gasteiger partial charge in [0.15, 0.2) is 0 Å². The highest BCUT2D eigenvalue weighted by molar-refractivity contribution is 5.72. The van der Waals surface area contributed by atoms with Crippen LogP contribution in [0.25, 0.3) is 0 Å². The van der Waals surface area contributed by atoms with Crippen molar-refractivity contribution in [2.45, 2.75) is 19.4 Å². The van der Waals surface area contributed by atoms with Crippen LogP contribution in [0.1, 0.15) is 11.1 Å². The number of aryl methyl sites for hydroxylation is 1. The molecule has 1 saturated heterocycles. The van der Waals surface area contributed by atoms with E-state index in [-0.39, 0.29) is 12.1 Å². The summed E-state index contributed by atoms with van der Waals surface area (Å²) in [6, 6.07) is 7.88. The van der Waals surface area contributed by atoms with Gasteiger partial charge in [-0.25, -0.2) is 0 Å². The molecular weight excluding hydrogens is 192 g/mol. The van der Waals surface area contributed by atoms with Gasteiger partial charge in [-0.3, -0.25) is 4.79 Å². The molecule has 1 aliphatic rings. The molecule has 0 spiro atoms. The lowest BCUT2D eigenvalue weighted by atomic mass is 10.1. The fourth-order valence-electron chi connectivity index (χ4n) is 1.27. The lowest BCUT2D eigenvalue weighted by Gasteiger charge is -2.03. The van der Waals surface area contributed by atoms with Crippen LogP contribution in [-0.4, -0.2) is 25.3 Å². The molecule has 0 bridgehead atoms. The zero-order valence-corrected chi connectivity index (χ0v) is 8.73. The standard InChI is InChI=1S/C12H14O3/c1-9-2-4-10(5-3-9)6-12(13)15-8-11-7-14-11/h2-5,11H,6-8H2,1H3. The normalized spacial score (nSPS) is 18.6. The number of epoxide rings is 1. The molecule has 1 aliphatic heterocycles. The Balaban J connectivity index is 1.79. The summed E-state index contributed by atoms with van der Waals surface area (Å²) in [6.45, 7) is 3.13. The fraction of sp³-hybridized carbons (Fsp3) is 0.417. The first-order valence-electron chi connectivity index (χ1n) is 5.07. The second-order valence-corrected chi connectivity index (χ2v) is 3.80. The molecule has 0 N–H and O–H groups in total. The van der Waals surface area contributed by atoms with Crippen LogP contribution in [0.4, 0.5) is 0 Å². The predicted octanol–water partition coefficient (Wildman–Crippen LogP) is 1.48. The zero-order valence-electron chi connectivity index (χ0n) is 8.73. The molecule has 1 heterocycles. The van der Waals surface area contributed by atoms with Crippen molar-refractivity contribution < 1.29 is 14.3 Å². The SMILES string of the molecule is Cc1ccc(CC(=O)OCC2CO2)cc1. The van der Waals surface area contributed by atoms with Gasteiger partial charge in [0.05, 0.1) is 13.0 Å². The molecule has 3 heteroatoms. The van der Waals surface area contributed by atoms with E-state index in [1.54, 1.807) is 0 Å². The van der Waals surface area contributed by atoms with Gasteiger partial charge in [0, 0.05) is 0 Å². The van der Waals surface area contributed by atoms with Crippen LogP contribution in [-0.2, 0) is 20.7 Å². The van der Waals surface area contributed by atoms with Crippen molar-refractivity contribution in [2.75, 3.05) is 13.2 Å². The van der Waals surface area contributed by atoms with E-state index in [4.69, 9.17) is 9.47 Å². The Hall–Kier alpha value is -1.35. The average molecular weight is 206 g/mol. The van der Waals surface area contributed by atoms with Crippen molar-refractivity contribution in [3.63, 3.8) is 0 Å². The molecule has 1 fully saturated rings. The first-order valence-corrected chi connectivity index (χ1v) is 5.07. The molecule has 0 aromatic heterocycles. The first-order chi connectivity index (χ1) is 7.24. The quantitative estimate of drug-likeness (QED) is 0.553. The highest BCUT2D eigenvalue weighted by Gasteiger charge is 2.24. The van der Waals surface area contributed by atoms with Gasteiger partial charge in [-0.1, -0.05) is 29.8 Å². The van der Waals surface area contributed by atoms with Crippen molar-refractivity contribution in [3.05, 3.63) is 35.4 Å². The van der Waals surface area contributed by atoms with Gasteiger partial charge in [-0.2, -0.15) is 0 Å². The molecule has 15 heavy (non-hydrogen) atoms. The molecule has 1 atom stereocenters. The topological polar surface area (TPSA) is 38.8 Å². The molecule has 1 aromatic carbocycles. The summed E-state index contributed by atoms with van der Waals surface area (Å²) in [7, 11) is 0. The monoisotopic (exact) mass is 206 g/mol. The fourth-order valence-corrected chi connectivity index (χ4v) is 1.27. The minimum atomic E-state index is -0.186. The summed E-state index contributed by atoms with van der Waals surface area (Å²) >= 11 is 0. The van der Waals surface area contributed by atoms with Crippen LogP contribution in [0.5, 0.6) is 0 Å². The Labute approximate surface area is 89.0 Å². The van der Waals surface area contributed by atoms with Crippen molar-refractivity contribution in [1.82, 2.24) is 0 Å². The molecule has 3 nitrogen and oxygen atoms in total. The summed E-state index contributed by atoms with van der Waals surface area (Å²) < 4.78 is 9.98. The van der Waals surface area contributed by atoms with Crippen molar-refractivity contribution in [3.8, 4) is 0 Å². The van der Waals surface area contributed by atoms with Gasteiger partial charge >= 0.3 is 5.97 Å². The van der Waals surface area contributed by atoms with E-state index >= 15 is 0 Å². The highest BCUT2D eigenvalue weighted by Crippen LogP contribution is 2.10. The maximum absolute atomic E-state index is 11.4. The number of rotatable bonds is 4. The van der Waals surface area contributed by atoms with Gasteiger partial charge in [0.1, 0.15) is 12.7 Å². The highest BCUT2D eigenvalue weighted by atomic mass is 16.6. The van der Waals surface area contributed by atoms with Gasteiger partial charge in [0.25, 0.3) is 0 Å². The number of hydrogen-bond donors (Lipinski definition) is 0. The number of ether oxygens (including phenoxy) is 2. The average Bonchev–Trinajstić information content (AvgIpc) is 3.02. The Bertz CT molecular complexity index is 338. The van der Waals surface area contributed by atoms with E-state index in [0.717, 1.165) is 12.2 Å². The van der Waals surface area contributed by atoms with Gasteiger partial charge in [-0.05, 0) is 12.5 Å². The Morgan fingerprint density at radius 3 is 2.73 bits per heavy atom. The van der Waals surface area contributed by atoms with Crippen LogP contribution in [0.15, 0.2) is 24.3 Å². The van der Waals surface area contributed by atoms with Crippen LogP contribution < -0.4 is 0 Å². The van der Waals surface area contributed by atoms with Crippen LogP contribution >= 0.6 is 0 Å². The molecule has 0 amide bonds. The number of hydrogen-bond acceptors (Lipinski definition) is 3. The van der Waals surface area contributed by atoms with Crippen molar-refractivity contribution >= 4 is 5.97 Å². The lowest BCUT2D eigenvalue weighted by Crippen LogP contribution is -2.12. The maximum atomic E-state index is 11.4. The van der Waals surface area contributed by atoms with E-state index in [1.807, 2.05) is 31.2 Å². The third-order valence-electron chi connectivity index (χ3n) is 2.30. The van der Waals surface area contributed by atoms with Crippen molar-refractivity contribution in [1.29, 1.82) is 0 Å². The van der Waals surface area contributed by atoms with Gasteiger partial charge in [-0.15, -0.1) is 0 Å². The van der Waals surface area contributed by atoms with E-state index in [9.17, 15) is 4.79 Å². The Kier molecular flexibility index (Phi) is 3.02. The molecular formula is C12H14O3. The second-order valence-electron chi connectivity index (χ2n) is 3.80. The van der Waals surface area contributed by atoms with E-state index in [1.165, 1.54) is 5.56 Å². The van der Waals surface area contributed by atoms with Gasteiger partial charge < -0.3 is 9.47 Å².